The Hall–Kier alpha value is -2.34. The van der Waals surface area contributed by atoms with Crippen LogP contribution in [0.4, 0.5) is 0 Å². The average molecular weight is 1000 g/mol. The van der Waals surface area contributed by atoms with Gasteiger partial charge in [0.2, 0.25) is 0 Å². The Balaban J connectivity index is -0.0000000251. The number of hydrogen-bond acceptors (Lipinski definition) is 0. The Morgan fingerprint density at radius 2 is 0.357 bits per heavy atom. The summed E-state index contributed by atoms with van der Waals surface area (Å²) in [5, 5.41) is 0. The third-order valence-electron chi connectivity index (χ3n) is 10.8. The largest absolute Gasteiger partial charge is 0.0776 e. The Morgan fingerprint density at radius 1 is 0.257 bits per heavy atom. The van der Waals surface area contributed by atoms with Crippen LogP contribution in [0.5, 0.6) is 0 Å². The maximum Gasteiger partial charge on any atom is -0.0106 e. The molecule has 3 rings (SSSR count). The summed E-state index contributed by atoms with van der Waals surface area (Å²) in [5.74, 6) is 1.60. The van der Waals surface area contributed by atoms with Gasteiger partial charge in [0.1, 0.15) is 0 Å². The molecule has 0 fully saturated rings. The van der Waals surface area contributed by atoms with E-state index in [0.29, 0.717) is 27.1 Å². The minimum Gasteiger partial charge on any atom is -0.0776 e. The first-order chi connectivity index (χ1) is 27.4. The van der Waals surface area contributed by atoms with Gasteiger partial charge in [-0.15, -0.1) is 0 Å². The lowest BCUT2D eigenvalue weighted by Gasteiger charge is -2.22. The molecule has 0 nitrogen and oxygen atoms in total. The zero-order chi connectivity index (χ0) is 49.1. The second-order valence-corrected chi connectivity index (χ2v) is 17.9. The standard InChI is InChI=1S/3C11H16.2C7H16.6C2H6.11CH4/c3*1-4-11(2,3)10-8-6-5-7-9-10;2*1-6(2)7(3,4)5;6*1-2;;;;;;;;;;;/h3*5-9H,4H2,1-3H3;2*6H,1-5H3;6*1-2H3;11*1H4. The van der Waals surface area contributed by atoms with Crippen LogP contribution in [0.3, 0.4) is 0 Å². The summed E-state index contributed by atoms with van der Waals surface area (Å²) < 4.78 is 0. The lowest BCUT2D eigenvalue weighted by Crippen LogP contribution is -2.14. The SMILES string of the molecule is C.C.C.C.C.C.C.C.C.C.C.CC.CC.CC.CC.CC.CC.CC(C)C(C)(C)C.CC(C)C(C)(C)C.CCC(C)(C)c1ccccc1.CCC(C)(C)c1ccccc1.CCC(C)(C)c1ccccc1. The van der Waals surface area contributed by atoms with Gasteiger partial charge in [-0.1, -0.05) is 387 Å². The summed E-state index contributed by atoms with van der Waals surface area (Å²) in [7, 11) is 0. The van der Waals surface area contributed by atoms with Crippen molar-refractivity contribution in [2.24, 2.45) is 22.7 Å². The van der Waals surface area contributed by atoms with Crippen molar-refractivity contribution < 1.29 is 0 Å². The molecular formula is C70H160. The topological polar surface area (TPSA) is 0 Å². The minimum absolute atomic E-state index is 0. The van der Waals surface area contributed by atoms with Crippen molar-refractivity contribution in [1.82, 2.24) is 0 Å². The molecule has 0 N–H and O–H groups in total. The van der Waals surface area contributed by atoms with Crippen LogP contribution in [0, 0.1) is 22.7 Å². The van der Waals surface area contributed by atoms with Gasteiger partial charge in [-0.05, 0) is 74.9 Å². The van der Waals surface area contributed by atoms with Crippen LogP contribution in [-0.2, 0) is 16.2 Å². The van der Waals surface area contributed by atoms with E-state index in [2.05, 4.69) is 223 Å². The third kappa shape index (κ3) is 74.6. The van der Waals surface area contributed by atoms with Gasteiger partial charge in [0.25, 0.3) is 0 Å². The van der Waals surface area contributed by atoms with E-state index < -0.39 is 0 Å². The molecule has 0 aliphatic heterocycles. The first-order valence-corrected chi connectivity index (χ1v) is 24.6. The molecule has 0 unspecified atom stereocenters. The molecule has 3 aromatic rings. The predicted molar refractivity (Wildman–Crippen MR) is 360 cm³/mol. The molecule has 0 aliphatic carbocycles. The van der Waals surface area contributed by atoms with Crippen LogP contribution < -0.4 is 0 Å². The van der Waals surface area contributed by atoms with E-state index >= 15 is 0 Å². The van der Waals surface area contributed by atoms with E-state index in [1.807, 2.05) is 83.1 Å². The van der Waals surface area contributed by atoms with Gasteiger partial charge in [0.15, 0.2) is 0 Å². The summed E-state index contributed by atoms with van der Waals surface area (Å²) in [6.45, 7) is 66.9. The lowest BCUT2D eigenvalue weighted by atomic mass is 9.82. The second-order valence-electron chi connectivity index (χ2n) is 17.9. The zero-order valence-electron chi connectivity index (χ0n) is 46.9. The first-order valence-electron chi connectivity index (χ1n) is 24.6. The van der Waals surface area contributed by atoms with Gasteiger partial charge in [-0.25, -0.2) is 0 Å². The summed E-state index contributed by atoms with van der Waals surface area (Å²) >= 11 is 0. The maximum absolute atomic E-state index is 2.28. The number of hydrogen-bond donors (Lipinski definition) is 0. The Morgan fingerprint density at radius 3 is 0.429 bits per heavy atom. The van der Waals surface area contributed by atoms with Crippen LogP contribution in [0.25, 0.3) is 0 Å². The van der Waals surface area contributed by atoms with Crippen molar-refractivity contribution in [3.8, 4) is 0 Å². The van der Waals surface area contributed by atoms with Crippen molar-refractivity contribution in [3.63, 3.8) is 0 Å². The van der Waals surface area contributed by atoms with E-state index in [-0.39, 0.29) is 81.7 Å². The fraction of sp³-hybridized carbons (Fsp3) is 0.743. The quantitative estimate of drug-likeness (QED) is 0.231. The monoisotopic (exact) mass is 1000 g/mol. The van der Waals surface area contributed by atoms with E-state index in [0.717, 1.165) is 11.8 Å². The minimum atomic E-state index is 0. The molecule has 0 atom stereocenters. The summed E-state index contributed by atoms with van der Waals surface area (Å²) in [5.41, 5.74) is 6.30. The molecule has 0 radical (unpaired) electrons. The smallest absolute Gasteiger partial charge is 0.0106 e. The van der Waals surface area contributed by atoms with Gasteiger partial charge >= 0.3 is 0 Å². The highest BCUT2D eigenvalue weighted by atomic mass is 14.2. The Kier molecular flexibility index (Phi) is 142. The van der Waals surface area contributed by atoms with Gasteiger partial charge in [-0.3, -0.25) is 0 Å². The van der Waals surface area contributed by atoms with E-state index in [9.17, 15) is 0 Å². The van der Waals surface area contributed by atoms with Crippen LogP contribution in [0.2, 0.25) is 0 Å². The van der Waals surface area contributed by atoms with E-state index in [4.69, 9.17) is 0 Å². The first kappa shape index (κ1) is 127. The molecule has 0 spiro atoms. The van der Waals surface area contributed by atoms with Gasteiger partial charge < -0.3 is 0 Å². The van der Waals surface area contributed by atoms with E-state index in [1.165, 1.54) is 36.0 Å². The van der Waals surface area contributed by atoms with Crippen LogP contribution >= 0.6 is 0 Å². The molecule has 3 aromatic carbocycles. The summed E-state index contributed by atoms with van der Waals surface area (Å²) in [4.78, 5) is 0. The molecule has 0 saturated carbocycles. The van der Waals surface area contributed by atoms with Gasteiger partial charge in [0.05, 0.1) is 0 Å². The molecular weight excluding hydrogens is 841 g/mol. The molecule has 0 heterocycles. The molecule has 70 heavy (non-hydrogen) atoms. The molecule has 0 aliphatic rings. The van der Waals surface area contributed by atoms with Crippen molar-refractivity contribution >= 4 is 0 Å². The third-order valence-corrected chi connectivity index (χ3v) is 10.8. The maximum atomic E-state index is 2.28. The highest BCUT2D eigenvalue weighted by Crippen LogP contribution is 2.28. The molecule has 0 amide bonds. The van der Waals surface area contributed by atoms with Crippen LogP contribution in [0.1, 0.15) is 332 Å². The number of benzene rings is 3. The molecule has 0 saturated heterocycles. The molecule has 0 bridgehead atoms. The molecule has 0 heteroatoms. The summed E-state index contributed by atoms with van der Waals surface area (Å²) in [6.07, 6.45) is 3.57. The van der Waals surface area contributed by atoms with Crippen molar-refractivity contribution in [2.75, 3.05) is 0 Å². The Bertz CT molecular complexity index is 991. The fourth-order valence-electron chi connectivity index (χ4n) is 3.28. The lowest BCUT2D eigenvalue weighted by molar-refractivity contribution is 0.283. The highest BCUT2D eigenvalue weighted by Gasteiger charge is 2.18. The molecule has 0 aromatic heterocycles. The fourth-order valence-corrected chi connectivity index (χ4v) is 3.28. The normalized spacial score (nSPS) is 8.53. The van der Waals surface area contributed by atoms with Gasteiger partial charge in [0, 0.05) is 0 Å². The highest BCUT2D eigenvalue weighted by molar-refractivity contribution is 5.24. The Labute approximate surface area is 460 Å². The van der Waals surface area contributed by atoms with Crippen molar-refractivity contribution in [3.05, 3.63) is 108 Å². The summed E-state index contributed by atoms with van der Waals surface area (Å²) in [6, 6.07) is 32.0. The van der Waals surface area contributed by atoms with Gasteiger partial charge in [-0.2, -0.15) is 0 Å². The molecule has 440 valence electrons. The van der Waals surface area contributed by atoms with Crippen LogP contribution in [0.15, 0.2) is 91.0 Å². The van der Waals surface area contributed by atoms with Crippen LogP contribution in [-0.4, -0.2) is 0 Å². The second kappa shape index (κ2) is 78.1. The number of rotatable bonds is 6. The van der Waals surface area contributed by atoms with E-state index in [1.54, 1.807) is 0 Å². The zero-order valence-corrected chi connectivity index (χ0v) is 46.9. The predicted octanol–water partition coefficient (Wildman–Crippen LogP) is 28.7. The average Bonchev–Trinajstić information content (AvgIpc) is 3.26. The van der Waals surface area contributed by atoms with Crippen molar-refractivity contribution in [2.45, 2.75) is 332 Å². The van der Waals surface area contributed by atoms with Crippen molar-refractivity contribution in [1.29, 1.82) is 0 Å².